The molecule has 1 aliphatic heterocycles. The number of amides is 1. The zero-order valence-corrected chi connectivity index (χ0v) is 17.7. The van der Waals surface area contributed by atoms with Crippen LogP contribution in [0.3, 0.4) is 0 Å². The minimum Gasteiger partial charge on any atom is -0.496 e. The topological polar surface area (TPSA) is 73.5 Å². The molecule has 31 heavy (non-hydrogen) atoms. The molecule has 1 atom stereocenters. The highest BCUT2D eigenvalue weighted by atomic mass is 16.5. The fourth-order valence-electron chi connectivity index (χ4n) is 3.44. The SMILES string of the molecule is COc1cc(OC)cc(OCC(=O)N2N=C(c3ccc(C)cc3)C[C@H]2c2ccco2)c1. The molecule has 0 unspecified atom stereocenters. The Hall–Kier alpha value is -3.74. The molecule has 1 aromatic heterocycles. The minimum atomic E-state index is -0.317. The van der Waals surface area contributed by atoms with E-state index in [1.54, 1.807) is 44.7 Å². The van der Waals surface area contributed by atoms with E-state index in [1.165, 1.54) is 10.6 Å². The van der Waals surface area contributed by atoms with Gasteiger partial charge in [-0.2, -0.15) is 5.10 Å². The lowest BCUT2D eigenvalue weighted by molar-refractivity contribution is -0.135. The van der Waals surface area contributed by atoms with Crippen LogP contribution < -0.4 is 14.2 Å². The number of hydrogen-bond donors (Lipinski definition) is 0. The first-order valence-corrected chi connectivity index (χ1v) is 9.93. The van der Waals surface area contributed by atoms with Gasteiger partial charge in [0.25, 0.3) is 5.91 Å². The van der Waals surface area contributed by atoms with Gasteiger partial charge in [0.05, 0.1) is 26.2 Å². The van der Waals surface area contributed by atoms with Crippen molar-refractivity contribution in [2.75, 3.05) is 20.8 Å². The van der Waals surface area contributed by atoms with E-state index in [-0.39, 0.29) is 18.6 Å². The third kappa shape index (κ3) is 4.55. The second-order valence-electron chi connectivity index (χ2n) is 7.22. The molecule has 1 aliphatic rings. The number of carbonyl (C=O) groups is 1. The van der Waals surface area contributed by atoms with Crippen LogP contribution in [0.25, 0.3) is 0 Å². The maximum atomic E-state index is 13.1. The first-order chi connectivity index (χ1) is 15.1. The number of carbonyl (C=O) groups excluding carboxylic acids is 1. The van der Waals surface area contributed by atoms with Crippen molar-refractivity contribution in [3.8, 4) is 17.2 Å². The second kappa shape index (κ2) is 8.95. The largest absolute Gasteiger partial charge is 0.496 e. The second-order valence-corrected chi connectivity index (χ2v) is 7.22. The van der Waals surface area contributed by atoms with E-state index in [2.05, 4.69) is 5.10 Å². The summed E-state index contributed by atoms with van der Waals surface area (Å²) in [5, 5.41) is 6.07. The molecule has 1 amide bonds. The van der Waals surface area contributed by atoms with Gasteiger partial charge in [0.15, 0.2) is 6.61 Å². The van der Waals surface area contributed by atoms with Gasteiger partial charge in [0, 0.05) is 24.6 Å². The minimum absolute atomic E-state index is 0.182. The molecule has 0 N–H and O–H groups in total. The summed E-state index contributed by atoms with van der Waals surface area (Å²) in [7, 11) is 3.12. The predicted molar refractivity (Wildman–Crippen MR) is 116 cm³/mol. The summed E-state index contributed by atoms with van der Waals surface area (Å²) in [6, 6.07) is 16.6. The van der Waals surface area contributed by atoms with Crippen LogP contribution in [-0.2, 0) is 4.79 Å². The Bertz CT molecular complexity index is 1050. The van der Waals surface area contributed by atoms with Gasteiger partial charge in [-0.05, 0) is 24.6 Å². The molecular weight excluding hydrogens is 396 g/mol. The van der Waals surface area contributed by atoms with E-state index in [1.807, 2.05) is 37.3 Å². The number of hydrogen-bond acceptors (Lipinski definition) is 6. The molecule has 3 aromatic rings. The highest BCUT2D eigenvalue weighted by molar-refractivity contribution is 6.03. The van der Waals surface area contributed by atoms with Crippen molar-refractivity contribution in [1.82, 2.24) is 5.01 Å². The highest BCUT2D eigenvalue weighted by Gasteiger charge is 2.35. The van der Waals surface area contributed by atoms with Crippen LogP contribution in [0, 0.1) is 6.92 Å². The predicted octanol–water partition coefficient (Wildman–Crippen LogP) is 4.36. The van der Waals surface area contributed by atoms with Crippen molar-refractivity contribution >= 4 is 11.6 Å². The van der Waals surface area contributed by atoms with E-state index in [0.717, 1.165) is 11.3 Å². The Morgan fingerprint density at radius 2 is 1.74 bits per heavy atom. The number of rotatable bonds is 7. The van der Waals surface area contributed by atoms with Gasteiger partial charge in [0.1, 0.15) is 29.1 Å². The molecule has 0 bridgehead atoms. The van der Waals surface area contributed by atoms with Crippen molar-refractivity contribution in [3.63, 3.8) is 0 Å². The average molecular weight is 420 g/mol. The fourth-order valence-corrected chi connectivity index (χ4v) is 3.44. The summed E-state index contributed by atoms with van der Waals surface area (Å²) in [6.07, 6.45) is 2.16. The zero-order chi connectivity index (χ0) is 21.8. The van der Waals surface area contributed by atoms with Crippen molar-refractivity contribution in [2.45, 2.75) is 19.4 Å². The van der Waals surface area contributed by atoms with Crippen molar-refractivity contribution < 1.29 is 23.4 Å². The number of benzene rings is 2. The summed E-state index contributed by atoms with van der Waals surface area (Å²) in [5.41, 5.74) is 2.98. The van der Waals surface area contributed by atoms with Crippen LogP contribution in [0.2, 0.25) is 0 Å². The number of nitrogens with zero attached hydrogens (tertiary/aromatic N) is 2. The van der Waals surface area contributed by atoms with Crippen molar-refractivity contribution in [2.24, 2.45) is 5.10 Å². The standard InChI is InChI=1S/C24H24N2O5/c1-16-6-8-17(9-7-16)21-14-22(23-5-4-10-30-23)26(25-21)24(27)15-31-20-12-18(28-2)11-19(13-20)29-3/h4-13,22H,14-15H2,1-3H3/t22-/m0/s1. The Morgan fingerprint density at radius 3 is 2.35 bits per heavy atom. The molecule has 160 valence electrons. The molecule has 0 radical (unpaired) electrons. The summed E-state index contributed by atoms with van der Waals surface area (Å²) in [6.45, 7) is 1.85. The Labute approximate surface area is 180 Å². The van der Waals surface area contributed by atoms with Gasteiger partial charge in [-0.15, -0.1) is 0 Å². The quantitative estimate of drug-likeness (QED) is 0.568. The molecule has 0 fully saturated rings. The molecule has 0 saturated carbocycles. The van der Waals surface area contributed by atoms with Crippen molar-refractivity contribution in [3.05, 3.63) is 77.7 Å². The maximum Gasteiger partial charge on any atom is 0.281 e. The number of aryl methyl sites for hydroxylation is 1. The van der Waals surface area contributed by atoms with E-state index < -0.39 is 0 Å². The number of methoxy groups -OCH3 is 2. The molecule has 7 heteroatoms. The smallest absolute Gasteiger partial charge is 0.281 e. The van der Waals surface area contributed by atoms with Crippen LogP contribution >= 0.6 is 0 Å². The molecule has 7 nitrogen and oxygen atoms in total. The van der Waals surface area contributed by atoms with E-state index in [9.17, 15) is 4.79 Å². The van der Waals surface area contributed by atoms with Gasteiger partial charge in [0.2, 0.25) is 0 Å². The first-order valence-electron chi connectivity index (χ1n) is 9.93. The molecule has 0 saturated heterocycles. The van der Waals surface area contributed by atoms with E-state index in [0.29, 0.717) is 29.4 Å². The molecule has 2 heterocycles. The third-order valence-corrected chi connectivity index (χ3v) is 5.11. The molecule has 0 spiro atoms. The van der Waals surface area contributed by atoms with Gasteiger partial charge < -0.3 is 18.6 Å². The lowest BCUT2D eigenvalue weighted by Crippen LogP contribution is -2.31. The maximum absolute atomic E-state index is 13.1. The van der Waals surface area contributed by atoms with Gasteiger partial charge in [-0.1, -0.05) is 29.8 Å². The van der Waals surface area contributed by atoms with Crippen LogP contribution in [0.4, 0.5) is 0 Å². The molecule has 0 aliphatic carbocycles. The lowest BCUT2D eigenvalue weighted by atomic mass is 10.0. The van der Waals surface area contributed by atoms with Gasteiger partial charge >= 0.3 is 0 Å². The molecule has 2 aromatic carbocycles. The normalized spacial score (nSPS) is 15.5. The average Bonchev–Trinajstić information content (AvgIpc) is 3.47. The lowest BCUT2D eigenvalue weighted by Gasteiger charge is -2.20. The highest BCUT2D eigenvalue weighted by Crippen LogP contribution is 2.33. The van der Waals surface area contributed by atoms with Crippen LogP contribution in [0.15, 0.2) is 70.4 Å². The Kier molecular flexibility index (Phi) is 5.93. The third-order valence-electron chi connectivity index (χ3n) is 5.11. The van der Waals surface area contributed by atoms with Crippen LogP contribution in [0.1, 0.15) is 29.3 Å². The fraction of sp³-hybridized carbons (Fsp3) is 0.250. The Morgan fingerprint density at radius 1 is 1.06 bits per heavy atom. The van der Waals surface area contributed by atoms with E-state index in [4.69, 9.17) is 18.6 Å². The summed E-state index contributed by atoms with van der Waals surface area (Å²) in [5.74, 6) is 2.04. The van der Waals surface area contributed by atoms with Gasteiger partial charge in [-0.25, -0.2) is 5.01 Å². The number of furan rings is 1. The van der Waals surface area contributed by atoms with Crippen molar-refractivity contribution in [1.29, 1.82) is 0 Å². The summed E-state index contributed by atoms with van der Waals surface area (Å²) >= 11 is 0. The Balaban J connectivity index is 1.54. The first kappa shape index (κ1) is 20.5. The molecule has 4 rings (SSSR count). The summed E-state index contributed by atoms with van der Waals surface area (Å²) < 4.78 is 21.8. The van der Waals surface area contributed by atoms with E-state index >= 15 is 0 Å². The van der Waals surface area contributed by atoms with Gasteiger partial charge in [-0.3, -0.25) is 4.79 Å². The number of ether oxygens (including phenoxy) is 3. The number of hydrazone groups is 1. The molecular formula is C24H24N2O5. The monoisotopic (exact) mass is 420 g/mol. The zero-order valence-electron chi connectivity index (χ0n) is 17.7. The summed E-state index contributed by atoms with van der Waals surface area (Å²) in [4.78, 5) is 13.1. The van der Waals surface area contributed by atoms with Crippen LogP contribution in [-0.4, -0.2) is 37.5 Å². The van der Waals surface area contributed by atoms with Crippen LogP contribution in [0.5, 0.6) is 17.2 Å².